The van der Waals surface area contributed by atoms with Crippen molar-refractivity contribution in [2.75, 3.05) is 23.8 Å². The Morgan fingerprint density at radius 2 is 1.58 bits per heavy atom. The lowest BCUT2D eigenvalue weighted by Crippen LogP contribution is -2.21. The Kier molecular flexibility index (Phi) is 9.51. The summed E-state index contributed by atoms with van der Waals surface area (Å²) in [6.07, 6.45) is 0.378. The number of carbonyl (C=O) groups is 4. The SMILES string of the molecule is CCOC(=O)c1ccc(NC(=O)COC(=O)CCCC(=O)Nc2ccccc2Cl)cc1. The summed E-state index contributed by atoms with van der Waals surface area (Å²) in [6, 6.07) is 13.0. The van der Waals surface area contributed by atoms with Gasteiger partial charge < -0.3 is 20.1 Å². The van der Waals surface area contributed by atoms with Crippen LogP contribution in [0.1, 0.15) is 36.5 Å². The van der Waals surface area contributed by atoms with Gasteiger partial charge >= 0.3 is 11.9 Å². The molecule has 0 unspecified atom stereocenters. The maximum absolute atomic E-state index is 11.9. The van der Waals surface area contributed by atoms with Crippen molar-refractivity contribution in [1.82, 2.24) is 0 Å². The van der Waals surface area contributed by atoms with E-state index in [2.05, 4.69) is 10.6 Å². The van der Waals surface area contributed by atoms with Gasteiger partial charge in [0.2, 0.25) is 5.91 Å². The van der Waals surface area contributed by atoms with E-state index in [4.69, 9.17) is 21.1 Å². The van der Waals surface area contributed by atoms with E-state index in [1.807, 2.05) is 0 Å². The van der Waals surface area contributed by atoms with Crippen LogP contribution >= 0.6 is 11.6 Å². The van der Waals surface area contributed by atoms with Crippen molar-refractivity contribution in [3.8, 4) is 0 Å². The van der Waals surface area contributed by atoms with Crippen LogP contribution in [-0.4, -0.2) is 37.0 Å². The number of anilines is 2. The van der Waals surface area contributed by atoms with Crippen molar-refractivity contribution < 1.29 is 28.7 Å². The molecule has 0 heterocycles. The summed E-state index contributed by atoms with van der Waals surface area (Å²) in [5.41, 5.74) is 1.32. The maximum Gasteiger partial charge on any atom is 0.338 e. The lowest BCUT2D eigenvalue weighted by molar-refractivity contribution is -0.147. The molecule has 0 fully saturated rings. The van der Waals surface area contributed by atoms with Crippen molar-refractivity contribution in [3.05, 3.63) is 59.1 Å². The first kappa shape index (κ1) is 23.9. The molecule has 0 saturated heterocycles. The average Bonchev–Trinajstić information content (AvgIpc) is 2.74. The number of hydrogen-bond donors (Lipinski definition) is 2. The minimum atomic E-state index is -0.585. The molecule has 8 nitrogen and oxygen atoms in total. The van der Waals surface area contributed by atoms with Crippen LogP contribution in [0.2, 0.25) is 5.02 Å². The number of carbonyl (C=O) groups excluding carboxylic acids is 4. The zero-order chi connectivity index (χ0) is 22.6. The second kappa shape index (κ2) is 12.3. The number of benzene rings is 2. The second-order valence-corrected chi connectivity index (χ2v) is 6.80. The first-order valence-electron chi connectivity index (χ1n) is 9.66. The number of para-hydroxylation sites is 1. The lowest BCUT2D eigenvalue weighted by Gasteiger charge is -2.08. The van der Waals surface area contributed by atoms with Gasteiger partial charge in [-0.15, -0.1) is 0 Å². The number of rotatable bonds is 10. The van der Waals surface area contributed by atoms with E-state index in [1.165, 1.54) is 12.1 Å². The van der Waals surface area contributed by atoms with Crippen LogP contribution in [0, 0.1) is 0 Å². The second-order valence-electron chi connectivity index (χ2n) is 6.39. The predicted molar refractivity (Wildman–Crippen MR) is 116 cm³/mol. The van der Waals surface area contributed by atoms with E-state index in [0.717, 1.165) is 0 Å². The molecule has 2 rings (SSSR count). The van der Waals surface area contributed by atoms with E-state index < -0.39 is 24.5 Å². The van der Waals surface area contributed by atoms with Gasteiger partial charge in [0.05, 0.1) is 22.9 Å². The van der Waals surface area contributed by atoms with Crippen molar-refractivity contribution in [2.24, 2.45) is 0 Å². The smallest absolute Gasteiger partial charge is 0.338 e. The summed E-state index contributed by atoms with van der Waals surface area (Å²) in [5.74, 6) is -1.83. The lowest BCUT2D eigenvalue weighted by atomic mass is 10.2. The highest BCUT2D eigenvalue weighted by Gasteiger charge is 2.11. The van der Waals surface area contributed by atoms with Crippen LogP contribution in [0.15, 0.2) is 48.5 Å². The fourth-order valence-electron chi connectivity index (χ4n) is 2.49. The molecule has 31 heavy (non-hydrogen) atoms. The van der Waals surface area contributed by atoms with Crippen molar-refractivity contribution in [1.29, 1.82) is 0 Å². The van der Waals surface area contributed by atoms with Gasteiger partial charge in [-0.2, -0.15) is 0 Å². The number of amides is 2. The minimum Gasteiger partial charge on any atom is -0.462 e. The Balaban J connectivity index is 1.65. The number of ether oxygens (including phenoxy) is 2. The maximum atomic E-state index is 11.9. The molecule has 0 spiro atoms. The van der Waals surface area contributed by atoms with E-state index in [0.29, 0.717) is 22.0 Å². The van der Waals surface area contributed by atoms with Gasteiger partial charge in [-0.1, -0.05) is 23.7 Å². The highest BCUT2D eigenvalue weighted by molar-refractivity contribution is 6.33. The molecule has 164 valence electrons. The third-order valence-corrected chi connectivity index (χ3v) is 4.31. The van der Waals surface area contributed by atoms with Gasteiger partial charge in [0, 0.05) is 18.5 Å². The molecule has 2 aromatic rings. The molecule has 0 aliphatic heterocycles. The van der Waals surface area contributed by atoms with Crippen LogP contribution in [0.3, 0.4) is 0 Å². The summed E-state index contributed by atoms with van der Waals surface area (Å²) in [7, 11) is 0. The van der Waals surface area contributed by atoms with Crippen molar-refractivity contribution >= 4 is 46.7 Å². The molecule has 2 amide bonds. The molecule has 0 atom stereocenters. The third-order valence-electron chi connectivity index (χ3n) is 3.98. The number of esters is 2. The minimum absolute atomic E-state index is 0.00252. The van der Waals surface area contributed by atoms with E-state index in [1.54, 1.807) is 43.3 Å². The van der Waals surface area contributed by atoms with E-state index >= 15 is 0 Å². The van der Waals surface area contributed by atoms with Crippen molar-refractivity contribution in [3.63, 3.8) is 0 Å². The highest BCUT2D eigenvalue weighted by Crippen LogP contribution is 2.20. The predicted octanol–water partition coefficient (Wildman–Crippen LogP) is 3.81. The first-order valence-corrected chi connectivity index (χ1v) is 10.0. The van der Waals surface area contributed by atoms with Gasteiger partial charge in [-0.3, -0.25) is 14.4 Å². The van der Waals surface area contributed by atoms with Crippen LogP contribution in [0.25, 0.3) is 0 Å². The fourth-order valence-corrected chi connectivity index (χ4v) is 2.67. The number of hydrogen-bond acceptors (Lipinski definition) is 6. The average molecular weight is 447 g/mol. The molecule has 0 bridgehead atoms. The summed E-state index contributed by atoms with van der Waals surface area (Å²) in [6.45, 7) is 1.53. The van der Waals surface area contributed by atoms with Gasteiger partial charge in [0.25, 0.3) is 5.91 Å². The van der Waals surface area contributed by atoms with Crippen LogP contribution in [0.4, 0.5) is 11.4 Å². The molecular formula is C22H23ClN2O6. The molecule has 9 heteroatoms. The molecule has 2 N–H and O–H groups in total. The van der Waals surface area contributed by atoms with Crippen LogP contribution in [0.5, 0.6) is 0 Å². The highest BCUT2D eigenvalue weighted by atomic mass is 35.5. The molecule has 0 saturated carbocycles. The Labute approximate surface area is 184 Å². The summed E-state index contributed by atoms with van der Waals surface area (Å²) < 4.78 is 9.79. The Morgan fingerprint density at radius 1 is 0.871 bits per heavy atom. The molecule has 0 aliphatic rings. The molecule has 2 aromatic carbocycles. The van der Waals surface area contributed by atoms with Crippen LogP contribution < -0.4 is 10.6 Å². The molecular weight excluding hydrogens is 424 g/mol. The molecule has 0 aliphatic carbocycles. The van der Waals surface area contributed by atoms with Gasteiger partial charge in [0.1, 0.15) is 0 Å². The Bertz CT molecular complexity index is 930. The zero-order valence-electron chi connectivity index (χ0n) is 17.0. The Morgan fingerprint density at radius 3 is 2.26 bits per heavy atom. The quantitative estimate of drug-likeness (QED) is 0.537. The van der Waals surface area contributed by atoms with E-state index in [-0.39, 0.29) is 31.8 Å². The molecule has 0 radical (unpaired) electrons. The zero-order valence-corrected chi connectivity index (χ0v) is 17.7. The normalized spacial score (nSPS) is 10.1. The summed E-state index contributed by atoms with van der Waals surface area (Å²) in [5, 5.41) is 5.65. The fraction of sp³-hybridized carbons (Fsp3) is 0.273. The Hall–Kier alpha value is -3.39. The monoisotopic (exact) mass is 446 g/mol. The third kappa shape index (κ3) is 8.47. The molecule has 0 aromatic heterocycles. The topological polar surface area (TPSA) is 111 Å². The largest absolute Gasteiger partial charge is 0.462 e. The van der Waals surface area contributed by atoms with Crippen molar-refractivity contribution in [2.45, 2.75) is 26.2 Å². The first-order chi connectivity index (χ1) is 14.9. The van der Waals surface area contributed by atoms with Gasteiger partial charge in [0.15, 0.2) is 6.61 Å². The number of nitrogens with one attached hydrogen (secondary N) is 2. The number of halogens is 1. The van der Waals surface area contributed by atoms with Gasteiger partial charge in [-0.25, -0.2) is 4.79 Å². The van der Waals surface area contributed by atoms with E-state index in [9.17, 15) is 19.2 Å². The van der Waals surface area contributed by atoms with Crippen LogP contribution in [-0.2, 0) is 23.9 Å². The summed E-state index contributed by atoms with van der Waals surface area (Å²) in [4.78, 5) is 47.2. The standard InChI is InChI=1S/C22H23ClN2O6/c1-2-30-22(29)15-10-12-16(13-11-15)24-20(27)14-31-21(28)9-5-8-19(26)25-18-7-4-3-6-17(18)23/h3-4,6-7,10-13H,2,5,8-9,14H2,1H3,(H,24,27)(H,25,26). The summed E-state index contributed by atoms with van der Waals surface area (Å²) >= 11 is 5.97. The van der Waals surface area contributed by atoms with Gasteiger partial charge in [-0.05, 0) is 49.7 Å².